The van der Waals surface area contributed by atoms with Gasteiger partial charge in [0.2, 0.25) is 5.88 Å². The molecule has 3 aromatic rings. The van der Waals surface area contributed by atoms with Crippen LogP contribution in [0.2, 0.25) is 0 Å². The Bertz CT molecular complexity index is 911. The summed E-state index contributed by atoms with van der Waals surface area (Å²) >= 11 is 0. The molecule has 0 fully saturated rings. The van der Waals surface area contributed by atoms with E-state index in [1.807, 2.05) is 27.7 Å². The molecule has 0 saturated heterocycles. The second-order valence-corrected chi connectivity index (χ2v) is 7.19. The summed E-state index contributed by atoms with van der Waals surface area (Å²) < 4.78 is 46.1. The number of halogens is 3. The molecule has 1 unspecified atom stereocenters. The highest BCUT2D eigenvalue weighted by Crippen LogP contribution is 2.38. The number of alkyl halides is 3. The molecule has 1 atom stereocenters. The van der Waals surface area contributed by atoms with Gasteiger partial charge < -0.3 is 4.74 Å². The molecular weight excluding hydrogens is 345 g/mol. The van der Waals surface area contributed by atoms with Gasteiger partial charge in [-0.25, -0.2) is 4.98 Å². The van der Waals surface area contributed by atoms with Gasteiger partial charge >= 0.3 is 6.18 Å². The Kier molecular flexibility index (Phi) is 4.37. The summed E-state index contributed by atoms with van der Waals surface area (Å²) in [5, 5.41) is 4.10. The fraction of sp³-hybridized carbons (Fsp3) is 0.389. The van der Waals surface area contributed by atoms with E-state index >= 15 is 0 Å². The van der Waals surface area contributed by atoms with Crippen LogP contribution in [0.15, 0.2) is 36.7 Å². The maximum Gasteiger partial charge on any atom is 0.416 e. The van der Waals surface area contributed by atoms with Crippen molar-refractivity contribution in [2.24, 2.45) is 5.41 Å². The van der Waals surface area contributed by atoms with E-state index in [4.69, 9.17) is 4.74 Å². The van der Waals surface area contributed by atoms with Crippen LogP contribution in [0.4, 0.5) is 13.2 Å². The van der Waals surface area contributed by atoms with Crippen LogP contribution in [0.1, 0.15) is 43.7 Å². The van der Waals surface area contributed by atoms with Gasteiger partial charge in [0, 0.05) is 17.2 Å². The monoisotopic (exact) mass is 364 g/mol. The van der Waals surface area contributed by atoms with E-state index in [2.05, 4.69) is 15.1 Å². The molecule has 0 bridgehead atoms. The maximum absolute atomic E-state index is 12.8. The van der Waals surface area contributed by atoms with E-state index in [-0.39, 0.29) is 5.41 Å². The zero-order valence-electron chi connectivity index (χ0n) is 14.9. The van der Waals surface area contributed by atoms with Gasteiger partial charge in [0.05, 0.1) is 5.56 Å². The lowest BCUT2D eigenvalue weighted by Gasteiger charge is -2.31. The third kappa shape index (κ3) is 3.63. The van der Waals surface area contributed by atoms with Crippen LogP contribution in [0.25, 0.3) is 5.78 Å². The zero-order valence-corrected chi connectivity index (χ0v) is 14.9. The normalized spacial score (nSPS) is 13.8. The Balaban J connectivity index is 2.00. The zero-order chi connectivity index (χ0) is 19.1. The molecule has 138 valence electrons. The van der Waals surface area contributed by atoms with Gasteiger partial charge in [0.15, 0.2) is 0 Å². The van der Waals surface area contributed by atoms with Gasteiger partial charge in [-0.3, -0.25) is 0 Å². The molecule has 0 saturated carbocycles. The van der Waals surface area contributed by atoms with E-state index in [1.165, 1.54) is 23.0 Å². The van der Waals surface area contributed by atoms with Crippen molar-refractivity contribution in [1.82, 2.24) is 19.6 Å². The molecule has 1 aromatic carbocycles. The number of aryl methyl sites for hydroxylation is 1. The lowest BCUT2D eigenvalue weighted by atomic mass is 9.84. The Labute approximate surface area is 148 Å². The van der Waals surface area contributed by atoms with Crippen LogP contribution in [-0.4, -0.2) is 19.6 Å². The van der Waals surface area contributed by atoms with Crippen molar-refractivity contribution in [3.05, 3.63) is 53.5 Å². The van der Waals surface area contributed by atoms with Crippen LogP contribution < -0.4 is 4.74 Å². The molecule has 8 heteroatoms. The summed E-state index contributed by atoms with van der Waals surface area (Å²) in [6.07, 6.45) is -3.48. The number of ether oxygens (including phenoxy) is 1. The van der Waals surface area contributed by atoms with E-state index in [9.17, 15) is 13.2 Å². The average molecular weight is 364 g/mol. The number of nitrogens with zero attached hydrogens (tertiary/aromatic N) is 4. The minimum absolute atomic E-state index is 0.371. The molecule has 0 N–H and O–H groups in total. The van der Waals surface area contributed by atoms with Crippen LogP contribution >= 0.6 is 0 Å². The number of rotatable bonds is 3. The molecule has 5 nitrogen and oxygen atoms in total. The van der Waals surface area contributed by atoms with Gasteiger partial charge in [-0.2, -0.15) is 27.8 Å². The third-order valence-electron chi connectivity index (χ3n) is 3.91. The quantitative estimate of drug-likeness (QED) is 0.681. The van der Waals surface area contributed by atoms with Gasteiger partial charge in [0.1, 0.15) is 12.4 Å². The highest BCUT2D eigenvalue weighted by molar-refractivity contribution is 5.34. The molecule has 2 aromatic heterocycles. The minimum Gasteiger partial charge on any atom is -0.469 e. The average Bonchev–Trinajstić information content (AvgIpc) is 2.99. The second-order valence-electron chi connectivity index (χ2n) is 7.19. The van der Waals surface area contributed by atoms with Crippen molar-refractivity contribution in [1.29, 1.82) is 0 Å². The molecule has 0 radical (unpaired) electrons. The van der Waals surface area contributed by atoms with Crippen LogP contribution in [0.3, 0.4) is 0 Å². The highest BCUT2D eigenvalue weighted by Gasteiger charge is 2.33. The van der Waals surface area contributed by atoms with E-state index in [1.54, 1.807) is 6.07 Å². The molecule has 0 spiro atoms. The third-order valence-corrected chi connectivity index (χ3v) is 3.91. The van der Waals surface area contributed by atoms with Gasteiger partial charge in [-0.1, -0.05) is 32.9 Å². The van der Waals surface area contributed by atoms with Gasteiger partial charge in [0.25, 0.3) is 5.78 Å². The molecule has 0 aliphatic heterocycles. The molecule has 3 rings (SSSR count). The lowest BCUT2D eigenvalue weighted by Crippen LogP contribution is -2.25. The fourth-order valence-corrected chi connectivity index (χ4v) is 2.69. The SMILES string of the molecule is Cc1cc(OC(c2ccc(C(F)(F)F)cc2)C(C)(C)C)n2ncnc2n1. The van der Waals surface area contributed by atoms with Crippen molar-refractivity contribution in [3.8, 4) is 5.88 Å². The summed E-state index contributed by atoms with van der Waals surface area (Å²) in [5.74, 6) is 0.838. The molecule has 26 heavy (non-hydrogen) atoms. The smallest absolute Gasteiger partial charge is 0.416 e. The molecule has 0 aliphatic carbocycles. The van der Waals surface area contributed by atoms with Crippen LogP contribution in [-0.2, 0) is 6.18 Å². The number of fused-ring (bicyclic) bond motifs is 1. The van der Waals surface area contributed by atoms with Crippen molar-refractivity contribution in [2.45, 2.75) is 40.0 Å². The summed E-state index contributed by atoms with van der Waals surface area (Å²) in [6.45, 7) is 7.69. The fourth-order valence-electron chi connectivity index (χ4n) is 2.69. The Hall–Kier alpha value is -2.64. The number of hydrogen-bond acceptors (Lipinski definition) is 4. The van der Waals surface area contributed by atoms with Gasteiger partial charge in [-0.05, 0) is 24.6 Å². The van der Waals surface area contributed by atoms with Crippen molar-refractivity contribution in [2.75, 3.05) is 0 Å². The van der Waals surface area contributed by atoms with Crippen molar-refractivity contribution < 1.29 is 17.9 Å². The first-order chi connectivity index (χ1) is 12.1. The summed E-state index contributed by atoms with van der Waals surface area (Å²) in [6, 6.07) is 6.77. The Morgan fingerprint density at radius 1 is 1.08 bits per heavy atom. The topological polar surface area (TPSA) is 52.3 Å². The Morgan fingerprint density at radius 2 is 1.73 bits per heavy atom. The lowest BCUT2D eigenvalue weighted by molar-refractivity contribution is -0.137. The highest BCUT2D eigenvalue weighted by atomic mass is 19.4. The first kappa shape index (κ1) is 18.2. The molecule has 2 heterocycles. The molecular formula is C18H19F3N4O. The second kappa shape index (κ2) is 6.26. The van der Waals surface area contributed by atoms with E-state index in [0.717, 1.165) is 12.1 Å². The summed E-state index contributed by atoms with van der Waals surface area (Å²) in [4.78, 5) is 8.32. The molecule has 0 amide bonds. The predicted octanol–water partition coefficient (Wildman–Crippen LogP) is 4.62. The van der Waals surface area contributed by atoms with Crippen molar-refractivity contribution in [3.63, 3.8) is 0 Å². The number of benzene rings is 1. The maximum atomic E-state index is 12.8. The van der Waals surface area contributed by atoms with E-state index in [0.29, 0.717) is 22.9 Å². The number of hydrogen-bond donors (Lipinski definition) is 0. The molecule has 0 aliphatic rings. The summed E-state index contributed by atoms with van der Waals surface area (Å²) in [7, 11) is 0. The standard InChI is InChI=1S/C18H19F3N4O/c1-11-9-14(25-16(24-11)22-10-23-25)26-15(17(2,3)4)12-5-7-13(8-6-12)18(19,20)21/h5-10,15H,1-4H3. The van der Waals surface area contributed by atoms with E-state index < -0.39 is 17.8 Å². The first-order valence-electron chi connectivity index (χ1n) is 8.07. The summed E-state index contributed by atoms with van der Waals surface area (Å²) in [5.41, 5.74) is 0.297. The van der Waals surface area contributed by atoms with Crippen LogP contribution in [0.5, 0.6) is 5.88 Å². The largest absolute Gasteiger partial charge is 0.469 e. The van der Waals surface area contributed by atoms with Crippen molar-refractivity contribution >= 4 is 5.78 Å². The number of aromatic nitrogens is 4. The van der Waals surface area contributed by atoms with Crippen LogP contribution in [0, 0.1) is 12.3 Å². The predicted molar refractivity (Wildman–Crippen MR) is 89.8 cm³/mol. The first-order valence-corrected chi connectivity index (χ1v) is 8.07. The minimum atomic E-state index is -4.37. The van der Waals surface area contributed by atoms with Gasteiger partial charge in [-0.15, -0.1) is 0 Å². The Morgan fingerprint density at radius 3 is 2.31 bits per heavy atom.